The minimum Gasteiger partial charge on any atom is -0.497 e. The van der Waals surface area contributed by atoms with Gasteiger partial charge in [-0.25, -0.2) is 9.50 Å². The molecular weight excluding hydrogens is 568 g/mol. The number of alkyl halides is 3. The standard InChI is InChI=1S/C27H21Cl2F3N6O2/c1-14-25(15(2)37(35-14)13-18-19(28)5-4-6-20(18)29)34-26(39)22-12-24-33-21(16-7-9-17(40-3)10-8-16)11-23(27(30,31)32)38(24)36-22/h4-12H,13H2,1-3H3,(H,34,39). The van der Waals surface area contributed by atoms with Crippen molar-refractivity contribution in [2.75, 3.05) is 12.4 Å². The van der Waals surface area contributed by atoms with Crippen LogP contribution < -0.4 is 10.1 Å². The molecule has 1 amide bonds. The van der Waals surface area contributed by atoms with Crippen molar-refractivity contribution < 1.29 is 22.7 Å². The number of fused-ring (bicyclic) bond motifs is 1. The van der Waals surface area contributed by atoms with Crippen LogP contribution in [0.15, 0.2) is 54.6 Å². The first-order valence-electron chi connectivity index (χ1n) is 11.9. The van der Waals surface area contributed by atoms with Gasteiger partial charge in [0.1, 0.15) is 5.75 Å². The van der Waals surface area contributed by atoms with Gasteiger partial charge in [-0.15, -0.1) is 0 Å². The molecule has 8 nitrogen and oxygen atoms in total. The highest BCUT2D eigenvalue weighted by molar-refractivity contribution is 6.36. The van der Waals surface area contributed by atoms with Gasteiger partial charge in [0, 0.05) is 27.2 Å². The van der Waals surface area contributed by atoms with Gasteiger partial charge in [0.2, 0.25) is 0 Å². The van der Waals surface area contributed by atoms with Gasteiger partial charge >= 0.3 is 6.18 Å². The number of benzene rings is 2. The highest BCUT2D eigenvalue weighted by atomic mass is 35.5. The molecule has 13 heteroatoms. The van der Waals surface area contributed by atoms with E-state index in [1.807, 2.05) is 0 Å². The summed E-state index contributed by atoms with van der Waals surface area (Å²) in [5.41, 5.74) is 1.21. The van der Waals surface area contributed by atoms with Gasteiger partial charge in [0.05, 0.1) is 36.4 Å². The Kier molecular flexibility index (Phi) is 7.19. The largest absolute Gasteiger partial charge is 0.497 e. The van der Waals surface area contributed by atoms with Crippen LogP contribution in [0.4, 0.5) is 18.9 Å². The molecule has 5 aromatic rings. The van der Waals surface area contributed by atoms with Crippen LogP contribution in [-0.4, -0.2) is 37.4 Å². The predicted molar refractivity (Wildman–Crippen MR) is 145 cm³/mol. The van der Waals surface area contributed by atoms with Gasteiger partial charge < -0.3 is 10.1 Å². The summed E-state index contributed by atoms with van der Waals surface area (Å²) in [6.45, 7) is 3.69. The summed E-state index contributed by atoms with van der Waals surface area (Å²) >= 11 is 12.6. The average Bonchev–Trinajstić information content (AvgIpc) is 3.46. The number of nitrogens with one attached hydrogen (secondary N) is 1. The molecular formula is C27H21Cl2F3N6O2. The van der Waals surface area contributed by atoms with Crippen LogP contribution in [0, 0.1) is 13.8 Å². The molecule has 0 unspecified atom stereocenters. The molecule has 206 valence electrons. The molecule has 0 saturated carbocycles. The smallest absolute Gasteiger partial charge is 0.433 e. The Balaban J connectivity index is 1.48. The lowest BCUT2D eigenvalue weighted by Crippen LogP contribution is -2.16. The quantitative estimate of drug-likeness (QED) is 0.234. The SMILES string of the molecule is COc1ccc(-c2cc(C(F)(F)F)n3nc(C(=O)Nc4c(C)nn(Cc5c(Cl)cccc5Cl)c4C)cc3n2)cc1. The maximum absolute atomic E-state index is 14.0. The van der Waals surface area contributed by atoms with Crippen molar-refractivity contribution in [2.24, 2.45) is 0 Å². The van der Waals surface area contributed by atoms with Crippen LogP contribution in [0.5, 0.6) is 5.75 Å². The Morgan fingerprint density at radius 3 is 2.33 bits per heavy atom. The van der Waals surface area contributed by atoms with Crippen molar-refractivity contribution in [3.05, 3.63) is 93.0 Å². The van der Waals surface area contributed by atoms with Crippen LogP contribution in [0.3, 0.4) is 0 Å². The Bertz CT molecular complexity index is 1730. The highest BCUT2D eigenvalue weighted by Gasteiger charge is 2.36. The second kappa shape index (κ2) is 10.5. The molecule has 0 aliphatic carbocycles. The van der Waals surface area contributed by atoms with Crippen LogP contribution in [0.25, 0.3) is 16.9 Å². The topological polar surface area (TPSA) is 86.3 Å². The van der Waals surface area contributed by atoms with Crippen molar-refractivity contribution in [3.8, 4) is 17.0 Å². The Hall–Kier alpha value is -4.09. The second-order valence-electron chi connectivity index (χ2n) is 8.91. The summed E-state index contributed by atoms with van der Waals surface area (Å²) in [5.74, 6) is -0.167. The summed E-state index contributed by atoms with van der Waals surface area (Å²) in [4.78, 5) is 17.5. The van der Waals surface area contributed by atoms with Crippen molar-refractivity contribution in [2.45, 2.75) is 26.6 Å². The number of aryl methyl sites for hydroxylation is 1. The number of hydrogen-bond donors (Lipinski definition) is 1. The molecule has 5 rings (SSSR count). The fourth-order valence-corrected chi connectivity index (χ4v) is 4.76. The number of aromatic nitrogens is 5. The maximum Gasteiger partial charge on any atom is 0.433 e. The van der Waals surface area contributed by atoms with Gasteiger partial charge in [0.15, 0.2) is 17.0 Å². The van der Waals surface area contributed by atoms with E-state index in [1.54, 1.807) is 61.0 Å². The maximum atomic E-state index is 14.0. The summed E-state index contributed by atoms with van der Waals surface area (Å²) in [6, 6.07) is 13.7. The fraction of sp³-hybridized carbons (Fsp3) is 0.185. The number of anilines is 1. The van der Waals surface area contributed by atoms with Crippen LogP contribution >= 0.6 is 23.2 Å². The number of nitrogens with zero attached hydrogens (tertiary/aromatic N) is 5. The van der Waals surface area contributed by atoms with Gasteiger partial charge in [-0.2, -0.15) is 23.4 Å². The Morgan fingerprint density at radius 1 is 1.02 bits per heavy atom. The van der Waals surface area contributed by atoms with Crippen molar-refractivity contribution in [1.82, 2.24) is 24.4 Å². The third-order valence-electron chi connectivity index (χ3n) is 6.33. The molecule has 0 bridgehead atoms. The van der Waals surface area contributed by atoms with E-state index in [4.69, 9.17) is 27.9 Å². The number of carbonyl (C=O) groups is 1. The van der Waals surface area contributed by atoms with Crippen molar-refractivity contribution >= 4 is 40.4 Å². The van der Waals surface area contributed by atoms with Gasteiger partial charge in [0.25, 0.3) is 5.91 Å². The number of methoxy groups -OCH3 is 1. The summed E-state index contributed by atoms with van der Waals surface area (Å²) in [7, 11) is 1.49. The van der Waals surface area contributed by atoms with E-state index in [0.29, 0.717) is 48.5 Å². The molecule has 40 heavy (non-hydrogen) atoms. The second-order valence-corrected chi connectivity index (χ2v) is 9.72. The van der Waals surface area contributed by atoms with E-state index in [1.165, 1.54) is 13.2 Å². The minimum atomic E-state index is -4.75. The molecule has 3 heterocycles. The van der Waals surface area contributed by atoms with E-state index in [2.05, 4.69) is 20.5 Å². The Labute approximate surface area is 236 Å². The zero-order valence-electron chi connectivity index (χ0n) is 21.3. The third-order valence-corrected chi connectivity index (χ3v) is 7.03. The lowest BCUT2D eigenvalue weighted by molar-refractivity contribution is -0.142. The average molecular weight is 589 g/mol. The van der Waals surface area contributed by atoms with Crippen LogP contribution in [-0.2, 0) is 12.7 Å². The molecule has 0 aliphatic rings. The predicted octanol–water partition coefficient (Wildman–Crippen LogP) is 6.84. The first kappa shape index (κ1) is 27.5. The van der Waals surface area contributed by atoms with Crippen molar-refractivity contribution in [3.63, 3.8) is 0 Å². The highest BCUT2D eigenvalue weighted by Crippen LogP contribution is 2.33. The number of carbonyl (C=O) groups excluding carboxylic acids is 1. The monoisotopic (exact) mass is 588 g/mol. The summed E-state index contributed by atoms with van der Waals surface area (Å²) in [6.07, 6.45) is -4.75. The molecule has 0 aliphatic heterocycles. The minimum absolute atomic E-state index is 0.0699. The number of halogens is 5. The molecule has 0 fully saturated rings. The fourth-order valence-electron chi connectivity index (χ4n) is 4.24. The lowest BCUT2D eigenvalue weighted by Gasteiger charge is -2.11. The van der Waals surface area contributed by atoms with Gasteiger partial charge in [-0.1, -0.05) is 29.3 Å². The first-order chi connectivity index (χ1) is 19.0. The van der Waals surface area contributed by atoms with Gasteiger partial charge in [-0.3, -0.25) is 9.48 Å². The first-order valence-corrected chi connectivity index (χ1v) is 12.6. The zero-order valence-corrected chi connectivity index (χ0v) is 22.9. The molecule has 0 radical (unpaired) electrons. The van der Waals surface area contributed by atoms with Gasteiger partial charge in [-0.05, 0) is 56.3 Å². The van der Waals surface area contributed by atoms with E-state index < -0.39 is 17.8 Å². The van der Waals surface area contributed by atoms with Crippen LogP contribution in [0.2, 0.25) is 10.0 Å². The lowest BCUT2D eigenvalue weighted by atomic mass is 10.1. The van der Waals surface area contributed by atoms with Crippen LogP contribution in [0.1, 0.15) is 33.1 Å². The molecule has 0 atom stereocenters. The van der Waals surface area contributed by atoms with E-state index in [9.17, 15) is 18.0 Å². The summed E-state index contributed by atoms with van der Waals surface area (Å²) < 4.78 is 49.3. The normalized spacial score (nSPS) is 11.7. The summed E-state index contributed by atoms with van der Waals surface area (Å²) in [5, 5.41) is 12.1. The molecule has 3 aromatic heterocycles. The molecule has 0 saturated heterocycles. The third kappa shape index (κ3) is 5.22. The molecule has 2 aromatic carbocycles. The van der Waals surface area contributed by atoms with E-state index in [0.717, 1.165) is 6.07 Å². The number of hydrogen-bond acceptors (Lipinski definition) is 5. The number of rotatable bonds is 6. The van der Waals surface area contributed by atoms with E-state index >= 15 is 0 Å². The van der Waals surface area contributed by atoms with Crippen molar-refractivity contribution in [1.29, 1.82) is 0 Å². The Morgan fingerprint density at radius 2 is 1.70 bits per heavy atom. The molecule has 1 N–H and O–H groups in total. The number of amides is 1. The van der Waals surface area contributed by atoms with E-state index in [-0.39, 0.29) is 23.6 Å². The number of ether oxygens (including phenoxy) is 1. The zero-order chi connectivity index (χ0) is 28.8. The molecule has 0 spiro atoms.